The van der Waals surface area contributed by atoms with Crippen LogP contribution in [-0.2, 0) is 6.42 Å². The summed E-state index contributed by atoms with van der Waals surface area (Å²) in [5.41, 5.74) is 1.38. The number of anilines is 1. The zero-order valence-corrected chi connectivity index (χ0v) is 10.3. The molecule has 0 saturated heterocycles. The molecule has 0 aliphatic carbocycles. The molecule has 0 amide bonds. The van der Waals surface area contributed by atoms with Crippen LogP contribution in [0.25, 0.3) is 0 Å². The van der Waals surface area contributed by atoms with Gasteiger partial charge in [0.05, 0.1) is 0 Å². The molecule has 0 radical (unpaired) electrons. The van der Waals surface area contributed by atoms with Gasteiger partial charge in [0.25, 0.3) is 0 Å². The molecular formula is C12H21N3. The van der Waals surface area contributed by atoms with Gasteiger partial charge in [-0.2, -0.15) is 0 Å². The molecule has 1 N–H and O–H groups in total. The molecule has 84 valence electrons. The van der Waals surface area contributed by atoms with Gasteiger partial charge in [-0.1, -0.05) is 6.07 Å². The third kappa shape index (κ3) is 3.20. The maximum atomic E-state index is 4.39. The van der Waals surface area contributed by atoms with Gasteiger partial charge in [-0.3, -0.25) is 0 Å². The number of likely N-dealkylation sites (N-methyl/N-ethyl adjacent to an activating group) is 1. The van der Waals surface area contributed by atoms with Gasteiger partial charge in [-0.05, 0) is 38.9 Å². The van der Waals surface area contributed by atoms with Crippen LogP contribution < -0.4 is 10.2 Å². The Bertz CT molecular complexity index is 318. The molecule has 0 bridgehead atoms. The lowest BCUT2D eigenvalue weighted by atomic mass is 9.95. The minimum absolute atomic E-state index is 0.105. The average molecular weight is 207 g/mol. The second-order valence-corrected chi connectivity index (χ2v) is 4.69. The first-order chi connectivity index (χ1) is 6.96. The van der Waals surface area contributed by atoms with Crippen molar-refractivity contribution in [2.75, 3.05) is 26.0 Å². The summed E-state index contributed by atoms with van der Waals surface area (Å²) in [5, 5.41) is 3.31. The van der Waals surface area contributed by atoms with E-state index in [2.05, 4.69) is 35.1 Å². The zero-order chi connectivity index (χ0) is 11.5. The first-order valence-corrected chi connectivity index (χ1v) is 5.26. The monoisotopic (exact) mass is 207 g/mol. The third-order valence-corrected chi connectivity index (χ3v) is 2.60. The van der Waals surface area contributed by atoms with Crippen molar-refractivity contribution in [3.8, 4) is 0 Å². The Kier molecular flexibility index (Phi) is 3.69. The molecular weight excluding hydrogens is 186 g/mol. The molecule has 1 rings (SSSR count). The lowest BCUT2D eigenvalue weighted by molar-refractivity contribution is 0.422. The summed E-state index contributed by atoms with van der Waals surface area (Å²) < 4.78 is 0. The smallest absolute Gasteiger partial charge is 0.131 e. The van der Waals surface area contributed by atoms with Crippen LogP contribution in [0.15, 0.2) is 18.3 Å². The lowest BCUT2D eigenvalue weighted by Gasteiger charge is -2.26. The predicted octanol–water partition coefficient (Wildman–Crippen LogP) is 1.69. The zero-order valence-electron chi connectivity index (χ0n) is 10.3. The molecule has 3 heteroatoms. The maximum absolute atomic E-state index is 4.39. The molecule has 0 spiro atoms. The Morgan fingerprint density at radius 2 is 2.07 bits per heavy atom. The summed E-state index contributed by atoms with van der Waals surface area (Å²) in [6, 6.07) is 4.13. The van der Waals surface area contributed by atoms with Gasteiger partial charge in [-0.25, -0.2) is 4.98 Å². The Morgan fingerprint density at radius 1 is 1.40 bits per heavy atom. The molecule has 0 saturated carbocycles. The fourth-order valence-corrected chi connectivity index (χ4v) is 1.54. The van der Waals surface area contributed by atoms with Gasteiger partial charge >= 0.3 is 0 Å². The molecule has 3 nitrogen and oxygen atoms in total. The van der Waals surface area contributed by atoms with Gasteiger partial charge in [0.15, 0.2) is 0 Å². The largest absolute Gasteiger partial charge is 0.363 e. The second-order valence-electron chi connectivity index (χ2n) is 4.69. The quantitative estimate of drug-likeness (QED) is 0.814. The SMILES string of the molecule is CNC(C)(C)Cc1cccnc1N(C)C. The molecule has 1 aromatic heterocycles. The van der Waals surface area contributed by atoms with Crippen molar-refractivity contribution in [1.29, 1.82) is 0 Å². The summed E-state index contributed by atoms with van der Waals surface area (Å²) in [6.07, 6.45) is 2.82. The van der Waals surface area contributed by atoms with E-state index >= 15 is 0 Å². The second kappa shape index (κ2) is 4.62. The predicted molar refractivity (Wildman–Crippen MR) is 65.4 cm³/mol. The summed E-state index contributed by atoms with van der Waals surface area (Å²) in [4.78, 5) is 6.45. The standard InChI is InChI=1S/C12H21N3/c1-12(2,13-3)9-10-7-6-8-14-11(10)15(4)5/h6-8,13H,9H2,1-5H3. The van der Waals surface area contributed by atoms with E-state index in [9.17, 15) is 0 Å². The third-order valence-electron chi connectivity index (χ3n) is 2.60. The topological polar surface area (TPSA) is 28.2 Å². The van der Waals surface area contributed by atoms with E-state index in [4.69, 9.17) is 0 Å². The van der Waals surface area contributed by atoms with Crippen LogP contribution in [0.3, 0.4) is 0 Å². The molecule has 1 heterocycles. The minimum atomic E-state index is 0.105. The Hall–Kier alpha value is -1.09. The highest BCUT2D eigenvalue weighted by Gasteiger charge is 2.18. The van der Waals surface area contributed by atoms with Crippen LogP contribution in [0, 0.1) is 0 Å². The first-order valence-electron chi connectivity index (χ1n) is 5.26. The van der Waals surface area contributed by atoms with Crippen molar-refractivity contribution in [2.45, 2.75) is 25.8 Å². The summed E-state index contributed by atoms with van der Waals surface area (Å²) in [6.45, 7) is 4.39. The number of hydrogen-bond acceptors (Lipinski definition) is 3. The molecule has 0 atom stereocenters. The van der Waals surface area contributed by atoms with E-state index in [1.807, 2.05) is 33.4 Å². The van der Waals surface area contributed by atoms with Crippen LogP contribution in [0.2, 0.25) is 0 Å². The van der Waals surface area contributed by atoms with Crippen molar-refractivity contribution in [1.82, 2.24) is 10.3 Å². The van der Waals surface area contributed by atoms with Crippen molar-refractivity contribution in [2.24, 2.45) is 0 Å². The van der Waals surface area contributed by atoms with Gasteiger partial charge in [0, 0.05) is 25.8 Å². The highest BCUT2D eigenvalue weighted by atomic mass is 15.1. The number of pyridine rings is 1. The highest BCUT2D eigenvalue weighted by molar-refractivity contribution is 5.45. The lowest BCUT2D eigenvalue weighted by Crippen LogP contribution is -2.38. The average Bonchev–Trinajstić information content (AvgIpc) is 2.18. The number of rotatable bonds is 4. The maximum Gasteiger partial charge on any atom is 0.131 e. The summed E-state index contributed by atoms with van der Waals surface area (Å²) in [7, 11) is 6.04. The molecule has 0 aliphatic rings. The van der Waals surface area contributed by atoms with Gasteiger partial charge < -0.3 is 10.2 Å². The molecule has 0 aliphatic heterocycles. The number of nitrogens with one attached hydrogen (secondary N) is 1. The Morgan fingerprint density at radius 3 is 2.60 bits per heavy atom. The van der Waals surface area contributed by atoms with Crippen LogP contribution in [0.1, 0.15) is 19.4 Å². The fraction of sp³-hybridized carbons (Fsp3) is 0.583. The van der Waals surface area contributed by atoms with Crippen molar-refractivity contribution in [3.63, 3.8) is 0 Å². The Balaban J connectivity index is 2.94. The first kappa shape index (κ1) is 12.0. The van der Waals surface area contributed by atoms with E-state index in [1.165, 1.54) is 5.56 Å². The van der Waals surface area contributed by atoms with Gasteiger partial charge in [0.1, 0.15) is 5.82 Å². The molecule has 15 heavy (non-hydrogen) atoms. The number of hydrogen-bond donors (Lipinski definition) is 1. The summed E-state index contributed by atoms with van der Waals surface area (Å²) >= 11 is 0. The van der Waals surface area contributed by atoms with E-state index in [1.54, 1.807) is 0 Å². The minimum Gasteiger partial charge on any atom is -0.363 e. The molecule has 0 unspecified atom stereocenters. The van der Waals surface area contributed by atoms with Crippen molar-refractivity contribution >= 4 is 5.82 Å². The van der Waals surface area contributed by atoms with Gasteiger partial charge in [0.2, 0.25) is 0 Å². The molecule has 0 fully saturated rings. The summed E-state index contributed by atoms with van der Waals surface area (Å²) in [5.74, 6) is 1.06. The number of aromatic nitrogens is 1. The van der Waals surface area contributed by atoms with Crippen LogP contribution in [0.5, 0.6) is 0 Å². The number of nitrogens with zero attached hydrogens (tertiary/aromatic N) is 2. The Labute approximate surface area is 92.5 Å². The molecule has 1 aromatic rings. The fourth-order valence-electron chi connectivity index (χ4n) is 1.54. The molecule has 0 aromatic carbocycles. The van der Waals surface area contributed by atoms with Crippen molar-refractivity contribution in [3.05, 3.63) is 23.9 Å². The van der Waals surface area contributed by atoms with E-state index in [0.29, 0.717) is 0 Å². The van der Waals surface area contributed by atoms with Crippen LogP contribution >= 0.6 is 0 Å². The van der Waals surface area contributed by atoms with E-state index in [0.717, 1.165) is 12.2 Å². The van der Waals surface area contributed by atoms with E-state index < -0.39 is 0 Å². The van der Waals surface area contributed by atoms with Crippen LogP contribution in [-0.4, -0.2) is 31.7 Å². The van der Waals surface area contributed by atoms with Crippen molar-refractivity contribution < 1.29 is 0 Å². The van der Waals surface area contributed by atoms with Crippen LogP contribution in [0.4, 0.5) is 5.82 Å². The normalized spacial score (nSPS) is 11.5. The van der Waals surface area contributed by atoms with Gasteiger partial charge in [-0.15, -0.1) is 0 Å². The highest BCUT2D eigenvalue weighted by Crippen LogP contribution is 2.20. The van der Waals surface area contributed by atoms with E-state index in [-0.39, 0.29) is 5.54 Å².